The second kappa shape index (κ2) is 5.40. The fourth-order valence-electron chi connectivity index (χ4n) is 1.30. The van der Waals surface area contributed by atoms with E-state index in [-0.39, 0.29) is 6.04 Å². The molecule has 0 aliphatic heterocycles. The largest absolute Gasteiger partial charge is 0.313 e. The van der Waals surface area contributed by atoms with Crippen LogP contribution in [0.15, 0.2) is 12.3 Å². The summed E-state index contributed by atoms with van der Waals surface area (Å²) < 4.78 is 1.87. The Kier molecular flexibility index (Phi) is 4.14. The van der Waals surface area contributed by atoms with E-state index in [2.05, 4.69) is 16.5 Å². The molecule has 1 unspecified atom stereocenters. The maximum atomic E-state index is 8.46. The third kappa shape index (κ3) is 3.19. The van der Waals surface area contributed by atoms with Crippen LogP contribution in [0.4, 0.5) is 0 Å². The van der Waals surface area contributed by atoms with Crippen molar-refractivity contribution in [3.63, 3.8) is 0 Å². The SMILES string of the molecule is CC(CC#N)NCCc1ccnn1C. The summed E-state index contributed by atoms with van der Waals surface area (Å²) in [7, 11) is 1.94. The molecule has 0 amide bonds. The summed E-state index contributed by atoms with van der Waals surface area (Å²) in [4.78, 5) is 0. The van der Waals surface area contributed by atoms with E-state index in [1.807, 2.05) is 24.7 Å². The predicted molar refractivity (Wildman–Crippen MR) is 54.6 cm³/mol. The first-order valence-corrected chi connectivity index (χ1v) is 4.81. The average molecular weight is 192 g/mol. The summed E-state index contributed by atoms with van der Waals surface area (Å²) in [5, 5.41) is 15.8. The van der Waals surface area contributed by atoms with Gasteiger partial charge in [-0.25, -0.2) is 0 Å². The Morgan fingerprint density at radius 2 is 2.50 bits per heavy atom. The van der Waals surface area contributed by atoms with Gasteiger partial charge in [0.15, 0.2) is 0 Å². The lowest BCUT2D eigenvalue weighted by Crippen LogP contribution is -2.28. The molecule has 1 atom stereocenters. The predicted octanol–water partition coefficient (Wildman–Crippen LogP) is 0.854. The van der Waals surface area contributed by atoms with Crippen LogP contribution in [0.5, 0.6) is 0 Å². The first-order chi connectivity index (χ1) is 6.74. The fraction of sp³-hybridized carbons (Fsp3) is 0.600. The molecular weight excluding hydrogens is 176 g/mol. The molecule has 14 heavy (non-hydrogen) atoms. The van der Waals surface area contributed by atoms with Gasteiger partial charge >= 0.3 is 0 Å². The van der Waals surface area contributed by atoms with Crippen LogP contribution in [-0.4, -0.2) is 22.4 Å². The van der Waals surface area contributed by atoms with Crippen LogP contribution in [0, 0.1) is 11.3 Å². The van der Waals surface area contributed by atoms with Gasteiger partial charge < -0.3 is 5.32 Å². The van der Waals surface area contributed by atoms with Gasteiger partial charge in [-0.15, -0.1) is 0 Å². The van der Waals surface area contributed by atoms with Crippen LogP contribution in [0.2, 0.25) is 0 Å². The van der Waals surface area contributed by atoms with Crippen LogP contribution in [-0.2, 0) is 13.5 Å². The van der Waals surface area contributed by atoms with E-state index in [9.17, 15) is 0 Å². The summed E-state index contributed by atoms with van der Waals surface area (Å²) in [5.74, 6) is 0. The van der Waals surface area contributed by atoms with Gasteiger partial charge in [0.1, 0.15) is 0 Å². The topological polar surface area (TPSA) is 53.6 Å². The molecule has 0 saturated heterocycles. The lowest BCUT2D eigenvalue weighted by Gasteiger charge is -2.09. The summed E-state index contributed by atoms with van der Waals surface area (Å²) in [6.45, 7) is 2.91. The van der Waals surface area contributed by atoms with Gasteiger partial charge in [0, 0.05) is 37.9 Å². The average Bonchev–Trinajstić information content (AvgIpc) is 2.52. The molecule has 1 rings (SSSR count). The summed E-state index contributed by atoms with van der Waals surface area (Å²) in [6.07, 6.45) is 3.31. The Hall–Kier alpha value is -1.34. The minimum Gasteiger partial charge on any atom is -0.313 e. The van der Waals surface area contributed by atoms with Gasteiger partial charge in [-0.1, -0.05) is 0 Å². The molecule has 1 heterocycles. The van der Waals surface area contributed by atoms with Crippen molar-refractivity contribution >= 4 is 0 Å². The van der Waals surface area contributed by atoms with Crippen molar-refractivity contribution < 1.29 is 0 Å². The van der Waals surface area contributed by atoms with Crippen molar-refractivity contribution in [3.05, 3.63) is 18.0 Å². The smallest absolute Gasteiger partial charge is 0.0638 e. The molecule has 0 fully saturated rings. The molecule has 1 aromatic heterocycles. The summed E-state index contributed by atoms with van der Waals surface area (Å²) in [5.41, 5.74) is 1.21. The first-order valence-electron chi connectivity index (χ1n) is 4.81. The number of nitrogens with zero attached hydrogens (tertiary/aromatic N) is 3. The Morgan fingerprint density at radius 3 is 3.07 bits per heavy atom. The summed E-state index contributed by atoms with van der Waals surface area (Å²) >= 11 is 0. The van der Waals surface area contributed by atoms with E-state index >= 15 is 0 Å². The third-order valence-electron chi connectivity index (χ3n) is 2.19. The van der Waals surface area contributed by atoms with E-state index < -0.39 is 0 Å². The Bertz CT molecular complexity index is 310. The van der Waals surface area contributed by atoms with Gasteiger partial charge in [0.2, 0.25) is 0 Å². The van der Waals surface area contributed by atoms with Crippen molar-refractivity contribution in [2.45, 2.75) is 25.8 Å². The number of rotatable bonds is 5. The maximum Gasteiger partial charge on any atom is 0.0638 e. The minimum absolute atomic E-state index is 0.272. The van der Waals surface area contributed by atoms with Crippen LogP contribution >= 0.6 is 0 Å². The zero-order chi connectivity index (χ0) is 10.4. The molecule has 0 bridgehead atoms. The number of aromatic nitrogens is 2. The highest BCUT2D eigenvalue weighted by atomic mass is 15.3. The molecule has 1 aromatic rings. The van der Waals surface area contributed by atoms with Gasteiger partial charge in [0.05, 0.1) is 12.5 Å². The van der Waals surface area contributed by atoms with E-state index in [0.717, 1.165) is 13.0 Å². The maximum absolute atomic E-state index is 8.46. The highest BCUT2D eigenvalue weighted by molar-refractivity contribution is 5.00. The number of hydrogen-bond donors (Lipinski definition) is 1. The van der Waals surface area contributed by atoms with E-state index in [1.165, 1.54) is 5.69 Å². The molecule has 0 radical (unpaired) electrons. The molecular formula is C10H16N4. The van der Waals surface area contributed by atoms with E-state index in [1.54, 1.807) is 6.20 Å². The van der Waals surface area contributed by atoms with Gasteiger partial charge in [-0.2, -0.15) is 10.4 Å². The molecule has 4 heteroatoms. The lowest BCUT2D eigenvalue weighted by molar-refractivity contribution is 0.550. The summed E-state index contributed by atoms with van der Waals surface area (Å²) in [6, 6.07) is 4.42. The van der Waals surface area contributed by atoms with Crippen LogP contribution in [0.3, 0.4) is 0 Å². The monoisotopic (exact) mass is 192 g/mol. The van der Waals surface area contributed by atoms with Crippen molar-refractivity contribution in [2.75, 3.05) is 6.54 Å². The second-order valence-corrected chi connectivity index (χ2v) is 3.41. The molecule has 0 saturated carbocycles. The third-order valence-corrected chi connectivity index (χ3v) is 2.19. The van der Waals surface area contributed by atoms with Crippen molar-refractivity contribution in [3.8, 4) is 6.07 Å². The molecule has 76 valence electrons. The van der Waals surface area contributed by atoms with Crippen LogP contribution < -0.4 is 5.32 Å². The molecule has 0 aromatic carbocycles. The van der Waals surface area contributed by atoms with Crippen molar-refractivity contribution in [1.29, 1.82) is 5.26 Å². The quantitative estimate of drug-likeness (QED) is 0.752. The lowest BCUT2D eigenvalue weighted by atomic mass is 10.2. The van der Waals surface area contributed by atoms with Crippen molar-refractivity contribution in [1.82, 2.24) is 15.1 Å². The Balaban J connectivity index is 2.23. The van der Waals surface area contributed by atoms with Crippen LogP contribution in [0.25, 0.3) is 0 Å². The van der Waals surface area contributed by atoms with Gasteiger partial charge in [0.25, 0.3) is 0 Å². The molecule has 0 aliphatic carbocycles. The molecule has 4 nitrogen and oxygen atoms in total. The zero-order valence-corrected chi connectivity index (χ0v) is 8.70. The standard InChI is InChI=1S/C10H16N4/c1-9(3-6-11)12-7-4-10-5-8-13-14(10)2/h5,8-9,12H,3-4,7H2,1-2H3. The van der Waals surface area contributed by atoms with E-state index in [0.29, 0.717) is 6.42 Å². The highest BCUT2D eigenvalue weighted by Gasteiger charge is 2.01. The normalized spacial score (nSPS) is 12.4. The second-order valence-electron chi connectivity index (χ2n) is 3.41. The first kappa shape index (κ1) is 10.7. The fourth-order valence-corrected chi connectivity index (χ4v) is 1.30. The minimum atomic E-state index is 0.272. The van der Waals surface area contributed by atoms with Gasteiger partial charge in [-0.3, -0.25) is 4.68 Å². The van der Waals surface area contributed by atoms with Crippen molar-refractivity contribution in [2.24, 2.45) is 7.05 Å². The number of nitriles is 1. The van der Waals surface area contributed by atoms with Crippen LogP contribution in [0.1, 0.15) is 19.0 Å². The number of aryl methyl sites for hydroxylation is 1. The molecule has 0 aliphatic rings. The van der Waals surface area contributed by atoms with E-state index in [4.69, 9.17) is 5.26 Å². The molecule has 0 spiro atoms. The number of nitrogens with one attached hydrogen (secondary N) is 1. The molecule has 1 N–H and O–H groups in total. The zero-order valence-electron chi connectivity index (χ0n) is 8.70. The number of hydrogen-bond acceptors (Lipinski definition) is 3. The Labute approximate surface area is 84.5 Å². The van der Waals surface area contributed by atoms with Gasteiger partial charge in [-0.05, 0) is 13.0 Å². The highest BCUT2D eigenvalue weighted by Crippen LogP contribution is 1.97. The Morgan fingerprint density at radius 1 is 1.71 bits per heavy atom.